The predicted octanol–water partition coefficient (Wildman–Crippen LogP) is 2.55. The van der Waals surface area contributed by atoms with Gasteiger partial charge in [-0.05, 0) is 19.1 Å². The molecule has 0 unspecified atom stereocenters. The molecular weight excluding hydrogens is 266 g/mol. The molecule has 18 heavy (non-hydrogen) atoms. The van der Waals surface area contributed by atoms with Crippen molar-refractivity contribution in [1.29, 1.82) is 0 Å². The Balaban J connectivity index is 1.71. The van der Waals surface area contributed by atoms with E-state index in [0.717, 1.165) is 28.1 Å². The Morgan fingerprint density at radius 3 is 3.17 bits per heavy atom. The van der Waals surface area contributed by atoms with Crippen LogP contribution in [0.2, 0.25) is 0 Å². The fraction of sp³-hybridized carbons (Fsp3) is 0.417. The largest absolute Gasteiger partial charge is 0.311 e. The molecule has 1 aliphatic rings. The van der Waals surface area contributed by atoms with E-state index in [4.69, 9.17) is 0 Å². The molecule has 0 spiro atoms. The maximum Gasteiger partial charge on any atom is 0.226 e. The summed E-state index contributed by atoms with van der Waals surface area (Å²) >= 11 is 3.43. The molecule has 0 aromatic carbocycles. The fourth-order valence-electron chi connectivity index (χ4n) is 1.45. The summed E-state index contributed by atoms with van der Waals surface area (Å²) in [7, 11) is 0. The number of rotatable bonds is 4. The van der Waals surface area contributed by atoms with E-state index in [-0.39, 0.29) is 5.91 Å². The first-order valence-corrected chi connectivity index (χ1v) is 7.75. The number of aliphatic imine (C=N–C) groups is 1. The van der Waals surface area contributed by atoms with Crippen molar-refractivity contribution >= 4 is 39.6 Å². The van der Waals surface area contributed by atoms with Gasteiger partial charge in [-0.15, -0.1) is 0 Å². The molecule has 2 rings (SSSR count). The molecule has 1 aliphatic heterocycles. The third-order valence-electron chi connectivity index (χ3n) is 2.27. The molecule has 6 heteroatoms. The van der Waals surface area contributed by atoms with Crippen molar-refractivity contribution in [2.45, 2.75) is 13.3 Å². The second-order valence-corrected chi connectivity index (χ2v) is 6.23. The van der Waals surface area contributed by atoms with Crippen LogP contribution in [0.5, 0.6) is 0 Å². The highest BCUT2D eigenvalue weighted by molar-refractivity contribution is 8.39. The fourth-order valence-corrected chi connectivity index (χ4v) is 3.47. The van der Waals surface area contributed by atoms with Crippen molar-refractivity contribution in [3.8, 4) is 0 Å². The minimum absolute atomic E-state index is 0.00389. The van der Waals surface area contributed by atoms with Gasteiger partial charge in [0.25, 0.3) is 0 Å². The van der Waals surface area contributed by atoms with Crippen LogP contribution in [0.15, 0.2) is 23.2 Å². The van der Waals surface area contributed by atoms with E-state index in [9.17, 15) is 4.79 Å². The van der Waals surface area contributed by atoms with Gasteiger partial charge in [-0.2, -0.15) is 0 Å². The zero-order valence-electron chi connectivity index (χ0n) is 10.2. The molecule has 0 fully saturated rings. The van der Waals surface area contributed by atoms with Gasteiger partial charge >= 0.3 is 0 Å². The van der Waals surface area contributed by atoms with E-state index in [2.05, 4.69) is 15.3 Å². The number of nitrogens with one attached hydrogen (secondary N) is 1. The van der Waals surface area contributed by atoms with Crippen LogP contribution in [-0.4, -0.2) is 33.3 Å². The summed E-state index contributed by atoms with van der Waals surface area (Å²) in [5, 5.41) is 2.80. The Bertz CT molecular complexity index is 462. The SMILES string of the molecule is Cc1cccc(NC(=O)CCSC2=NCCS2)n1. The Morgan fingerprint density at radius 2 is 2.44 bits per heavy atom. The molecule has 0 bridgehead atoms. The van der Waals surface area contributed by atoms with Gasteiger partial charge in [-0.1, -0.05) is 29.6 Å². The summed E-state index contributed by atoms with van der Waals surface area (Å²) in [4.78, 5) is 20.2. The van der Waals surface area contributed by atoms with Crippen molar-refractivity contribution in [3.05, 3.63) is 23.9 Å². The second-order valence-electron chi connectivity index (χ2n) is 3.81. The number of carbonyl (C=O) groups is 1. The summed E-state index contributed by atoms with van der Waals surface area (Å²) in [6.45, 7) is 2.81. The standard InChI is InChI=1S/C12H15N3OS2/c1-9-3-2-4-10(14-9)15-11(16)5-7-17-12-13-6-8-18-12/h2-4H,5-8H2,1H3,(H,14,15,16). The monoisotopic (exact) mass is 281 g/mol. The van der Waals surface area contributed by atoms with Crippen molar-refractivity contribution in [2.24, 2.45) is 4.99 Å². The summed E-state index contributed by atoms with van der Waals surface area (Å²) in [6.07, 6.45) is 0.486. The highest BCUT2D eigenvalue weighted by Gasteiger charge is 2.09. The van der Waals surface area contributed by atoms with E-state index >= 15 is 0 Å². The summed E-state index contributed by atoms with van der Waals surface area (Å²) in [6, 6.07) is 5.59. The van der Waals surface area contributed by atoms with Crippen LogP contribution < -0.4 is 5.32 Å². The van der Waals surface area contributed by atoms with Crippen LogP contribution >= 0.6 is 23.5 Å². The number of aromatic nitrogens is 1. The maximum atomic E-state index is 11.7. The van der Waals surface area contributed by atoms with Crippen molar-refractivity contribution < 1.29 is 4.79 Å². The number of pyridine rings is 1. The van der Waals surface area contributed by atoms with Gasteiger partial charge in [0.05, 0.1) is 6.54 Å². The zero-order chi connectivity index (χ0) is 12.8. The van der Waals surface area contributed by atoms with Crippen LogP contribution in [-0.2, 0) is 4.79 Å². The first-order valence-electron chi connectivity index (χ1n) is 5.77. The number of thioether (sulfide) groups is 2. The maximum absolute atomic E-state index is 11.7. The van der Waals surface area contributed by atoms with E-state index in [0.29, 0.717) is 12.2 Å². The van der Waals surface area contributed by atoms with E-state index in [1.165, 1.54) is 0 Å². The minimum Gasteiger partial charge on any atom is -0.311 e. The van der Waals surface area contributed by atoms with Gasteiger partial charge < -0.3 is 5.32 Å². The van der Waals surface area contributed by atoms with Gasteiger partial charge in [0, 0.05) is 23.6 Å². The van der Waals surface area contributed by atoms with Crippen molar-refractivity contribution in [1.82, 2.24) is 4.98 Å². The lowest BCUT2D eigenvalue weighted by atomic mass is 10.3. The molecule has 0 atom stereocenters. The number of carbonyl (C=O) groups excluding carboxylic acids is 1. The lowest BCUT2D eigenvalue weighted by Crippen LogP contribution is -2.13. The van der Waals surface area contributed by atoms with Crippen molar-refractivity contribution in [3.63, 3.8) is 0 Å². The average molecular weight is 281 g/mol. The Hall–Kier alpha value is -1.01. The Kier molecular flexibility index (Phi) is 5.07. The Labute approximate surface area is 115 Å². The highest BCUT2D eigenvalue weighted by Crippen LogP contribution is 2.22. The smallest absolute Gasteiger partial charge is 0.226 e. The molecule has 0 aliphatic carbocycles. The highest BCUT2D eigenvalue weighted by atomic mass is 32.2. The third-order valence-corrected chi connectivity index (χ3v) is 4.52. The Morgan fingerprint density at radius 1 is 1.56 bits per heavy atom. The molecule has 1 amide bonds. The lowest BCUT2D eigenvalue weighted by Gasteiger charge is -2.04. The topological polar surface area (TPSA) is 54.4 Å². The molecule has 1 aromatic rings. The van der Waals surface area contributed by atoms with Crippen LogP contribution in [0.4, 0.5) is 5.82 Å². The van der Waals surface area contributed by atoms with E-state index in [1.807, 2.05) is 19.1 Å². The van der Waals surface area contributed by atoms with E-state index in [1.54, 1.807) is 29.6 Å². The molecule has 0 saturated carbocycles. The summed E-state index contributed by atoms with van der Waals surface area (Å²) < 4.78 is 1.11. The number of amides is 1. The molecule has 1 N–H and O–H groups in total. The molecule has 0 saturated heterocycles. The number of nitrogens with zero attached hydrogens (tertiary/aromatic N) is 2. The minimum atomic E-state index is 0.00389. The van der Waals surface area contributed by atoms with E-state index < -0.39 is 0 Å². The first-order chi connectivity index (χ1) is 8.74. The lowest BCUT2D eigenvalue weighted by molar-refractivity contribution is -0.115. The average Bonchev–Trinajstić information content (AvgIpc) is 2.82. The number of aryl methyl sites for hydroxylation is 1. The van der Waals surface area contributed by atoms with Gasteiger partial charge in [0.15, 0.2) is 0 Å². The van der Waals surface area contributed by atoms with Crippen LogP contribution in [0.25, 0.3) is 0 Å². The number of hydrogen-bond donors (Lipinski definition) is 1. The van der Waals surface area contributed by atoms with Crippen molar-refractivity contribution in [2.75, 3.05) is 23.4 Å². The molecular formula is C12H15N3OS2. The third kappa shape index (κ3) is 4.34. The number of anilines is 1. The van der Waals surface area contributed by atoms with Gasteiger partial charge in [0.1, 0.15) is 10.2 Å². The first kappa shape index (κ1) is 13.4. The molecule has 4 nitrogen and oxygen atoms in total. The molecule has 96 valence electrons. The second kappa shape index (κ2) is 6.80. The van der Waals surface area contributed by atoms with Gasteiger partial charge in [0.2, 0.25) is 5.91 Å². The van der Waals surface area contributed by atoms with Crippen LogP contribution in [0.1, 0.15) is 12.1 Å². The van der Waals surface area contributed by atoms with Crippen LogP contribution in [0.3, 0.4) is 0 Å². The quantitative estimate of drug-likeness (QED) is 0.921. The molecule has 0 radical (unpaired) electrons. The summed E-state index contributed by atoms with van der Waals surface area (Å²) in [5.74, 6) is 2.47. The zero-order valence-corrected chi connectivity index (χ0v) is 11.8. The predicted molar refractivity (Wildman–Crippen MR) is 79.4 cm³/mol. The van der Waals surface area contributed by atoms with Gasteiger partial charge in [-0.3, -0.25) is 9.79 Å². The normalized spacial score (nSPS) is 14.4. The summed E-state index contributed by atoms with van der Waals surface area (Å²) in [5.41, 5.74) is 0.902. The molecule has 1 aromatic heterocycles. The van der Waals surface area contributed by atoms with Gasteiger partial charge in [-0.25, -0.2) is 4.98 Å². The van der Waals surface area contributed by atoms with Crippen LogP contribution in [0, 0.1) is 6.92 Å². The molecule has 2 heterocycles. The number of hydrogen-bond acceptors (Lipinski definition) is 5.